The summed E-state index contributed by atoms with van der Waals surface area (Å²) in [6, 6.07) is 6.47. The van der Waals surface area contributed by atoms with E-state index in [0.717, 1.165) is 5.56 Å². The van der Waals surface area contributed by atoms with Crippen LogP contribution in [0.25, 0.3) is 0 Å². The van der Waals surface area contributed by atoms with Gasteiger partial charge in [0, 0.05) is 0 Å². The predicted molar refractivity (Wildman–Crippen MR) is 85.6 cm³/mol. The molecule has 0 amide bonds. The Balaban J connectivity index is 2.35. The second-order valence-corrected chi connectivity index (χ2v) is 6.55. The average molecular weight is 342 g/mol. The van der Waals surface area contributed by atoms with Gasteiger partial charge in [-0.3, -0.25) is 4.18 Å². The minimum Gasteiger partial charge on any atom is -0.438 e. The van der Waals surface area contributed by atoms with E-state index in [1.165, 1.54) is 25.3 Å². The number of hydrogen-bond donors (Lipinski definition) is 0. The van der Waals surface area contributed by atoms with Crippen molar-refractivity contribution in [2.75, 3.05) is 13.7 Å². The molecule has 0 spiro atoms. The van der Waals surface area contributed by atoms with E-state index in [0.29, 0.717) is 19.3 Å². The minimum absolute atomic E-state index is 0.0678. The minimum atomic E-state index is -3.73. The van der Waals surface area contributed by atoms with Crippen LogP contribution in [0.1, 0.15) is 24.8 Å². The maximum atomic E-state index is 12.0. The Morgan fingerprint density at radius 2 is 1.91 bits per heavy atom. The molecule has 0 aliphatic rings. The summed E-state index contributed by atoms with van der Waals surface area (Å²) in [5.74, 6) is 0. The first-order valence-electron chi connectivity index (χ1n) is 7.22. The second-order valence-electron chi connectivity index (χ2n) is 4.93. The van der Waals surface area contributed by atoms with Crippen LogP contribution in [0.5, 0.6) is 0 Å². The highest BCUT2D eigenvalue weighted by atomic mass is 32.2. The van der Waals surface area contributed by atoms with Gasteiger partial charge < -0.3 is 9.47 Å². The van der Waals surface area contributed by atoms with Crippen LogP contribution in [0.2, 0.25) is 0 Å². The molecule has 128 valence electrons. The molecule has 0 aliphatic heterocycles. The lowest BCUT2D eigenvalue weighted by atomic mass is 10.1. The molecule has 1 atom stereocenters. The Hall–Kier alpha value is -1.86. The van der Waals surface area contributed by atoms with Crippen molar-refractivity contribution in [2.24, 2.45) is 0 Å². The van der Waals surface area contributed by atoms with Gasteiger partial charge >= 0.3 is 6.16 Å². The number of hydrogen-bond acceptors (Lipinski definition) is 6. The number of ether oxygens (including phenoxy) is 2. The summed E-state index contributed by atoms with van der Waals surface area (Å²) in [5.41, 5.74) is 0.977. The van der Waals surface area contributed by atoms with Gasteiger partial charge in [0.1, 0.15) is 6.10 Å². The highest BCUT2D eigenvalue weighted by Crippen LogP contribution is 2.14. The number of benzene rings is 1. The van der Waals surface area contributed by atoms with E-state index in [-0.39, 0.29) is 11.5 Å². The molecular formula is C16H22O6S. The van der Waals surface area contributed by atoms with Crippen LogP contribution >= 0.6 is 0 Å². The molecule has 0 radical (unpaired) electrons. The molecule has 0 fully saturated rings. The van der Waals surface area contributed by atoms with Crippen LogP contribution in [-0.2, 0) is 23.8 Å². The van der Waals surface area contributed by atoms with Gasteiger partial charge in [-0.25, -0.2) is 4.79 Å². The molecule has 0 N–H and O–H groups in total. The molecule has 0 saturated carbocycles. The first-order chi connectivity index (χ1) is 10.9. The van der Waals surface area contributed by atoms with Gasteiger partial charge in [-0.05, 0) is 38.3 Å². The van der Waals surface area contributed by atoms with Crippen molar-refractivity contribution < 1.29 is 26.9 Å². The number of carbonyl (C=O) groups excluding carboxylic acids is 1. The molecule has 0 aromatic heterocycles. The molecule has 1 unspecified atom stereocenters. The van der Waals surface area contributed by atoms with E-state index in [1.807, 2.05) is 6.92 Å². The highest BCUT2D eigenvalue weighted by Gasteiger charge is 2.15. The van der Waals surface area contributed by atoms with Gasteiger partial charge in [0.15, 0.2) is 0 Å². The van der Waals surface area contributed by atoms with Crippen LogP contribution < -0.4 is 0 Å². The molecule has 7 heteroatoms. The average Bonchev–Trinajstić information content (AvgIpc) is 2.53. The van der Waals surface area contributed by atoms with Crippen LogP contribution in [0.4, 0.5) is 4.79 Å². The second kappa shape index (κ2) is 9.32. The van der Waals surface area contributed by atoms with Gasteiger partial charge in [-0.15, -0.1) is 0 Å². The normalized spacial score (nSPS) is 12.4. The van der Waals surface area contributed by atoms with Crippen LogP contribution in [0.3, 0.4) is 0 Å². The number of aryl methyl sites for hydroxylation is 1. The fourth-order valence-corrected chi connectivity index (χ4v) is 2.73. The monoisotopic (exact) mass is 342 g/mol. The fraction of sp³-hybridized carbons (Fsp3) is 0.438. The van der Waals surface area contributed by atoms with Gasteiger partial charge in [0.2, 0.25) is 0 Å². The quantitative estimate of drug-likeness (QED) is 0.297. The summed E-state index contributed by atoms with van der Waals surface area (Å²) >= 11 is 0. The molecule has 0 saturated heterocycles. The molecular weight excluding hydrogens is 320 g/mol. The van der Waals surface area contributed by atoms with Gasteiger partial charge in [-0.2, -0.15) is 8.42 Å². The maximum Gasteiger partial charge on any atom is 0.508 e. The van der Waals surface area contributed by atoms with E-state index in [9.17, 15) is 13.2 Å². The van der Waals surface area contributed by atoms with Crippen molar-refractivity contribution in [1.29, 1.82) is 0 Å². The number of methoxy groups -OCH3 is 1. The van der Waals surface area contributed by atoms with Crippen molar-refractivity contribution >= 4 is 16.3 Å². The lowest BCUT2D eigenvalue weighted by Gasteiger charge is -2.12. The van der Waals surface area contributed by atoms with Crippen molar-refractivity contribution in [1.82, 2.24) is 0 Å². The van der Waals surface area contributed by atoms with E-state index < -0.39 is 22.4 Å². The number of rotatable bonds is 9. The zero-order valence-corrected chi connectivity index (χ0v) is 14.2. The molecule has 0 aliphatic carbocycles. The topological polar surface area (TPSA) is 78.9 Å². The lowest BCUT2D eigenvalue weighted by Crippen LogP contribution is -2.16. The Kier molecular flexibility index (Phi) is 7.77. The highest BCUT2D eigenvalue weighted by molar-refractivity contribution is 7.86. The Morgan fingerprint density at radius 1 is 1.26 bits per heavy atom. The molecule has 1 rings (SSSR count). The van der Waals surface area contributed by atoms with Gasteiger partial charge in [0.25, 0.3) is 10.1 Å². The summed E-state index contributed by atoms with van der Waals surface area (Å²) in [6.07, 6.45) is 1.92. The molecule has 0 bridgehead atoms. The Labute approximate surface area is 137 Å². The standard InChI is InChI=1S/C16H22O6S/c1-4-14(22-16(17)20-3)7-5-6-12-21-23(18,19)15-10-8-13(2)9-11-15/h4,8-11,14H,1,5-7,12H2,2-3H3. The zero-order chi connectivity index (χ0) is 17.3. The smallest absolute Gasteiger partial charge is 0.438 e. The van der Waals surface area contributed by atoms with Crippen LogP contribution in [0, 0.1) is 6.92 Å². The van der Waals surface area contributed by atoms with Crippen molar-refractivity contribution in [3.05, 3.63) is 42.5 Å². The predicted octanol–water partition coefficient (Wildman–Crippen LogP) is 3.21. The van der Waals surface area contributed by atoms with Crippen LogP contribution in [0.15, 0.2) is 41.8 Å². The number of carbonyl (C=O) groups is 1. The molecule has 23 heavy (non-hydrogen) atoms. The first-order valence-corrected chi connectivity index (χ1v) is 8.63. The van der Waals surface area contributed by atoms with Crippen molar-refractivity contribution in [2.45, 2.75) is 37.2 Å². The fourth-order valence-electron chi connectivity index (χ4n) is 1.79. The summed E-state index contributed by atoms with van der Waals surface area (Å²) in [6.45, 7) is 5.52. The van der Waals surface area contributed by atoms with E-state index >= 15 is 0 Å². The molecule has 6 nitrogen and oxygen atoms in total. The van der Waals surface area contributed by atoms with E-state index in [1.54, 1.807) is 12.1 Å². The third kappa shape index (κ3) is 6.83. The molecule has 1 aromatic carbocycles. The SMILES string of the molecule is C=CC(CCCCOS(=O)(=O)c1ccc(C)cc1)OC(=O)OC. The Morgan fingerprint density at radius 3 is 2.48 bits per heavy atom. The lowest BCUT2D eigenvalue weighted by molar-refractivity contribution is 0.0491. The van der Waals surface area contributed by atoms with Gasteiger partial charge in [-0.1, -0.05) is 30.4 Å². The van der Waals surface area contributed by atoms with Crippen molar-refractivity contribution in [3.8, 4) is 0 Å². The van der Waals surface area contributed by atoms with Crippen LogP contribution in [-0.4, -0.2) is 34.4 Å². The first kappa shape index (κ1) is 19.2. The summed E-state index contributed by atoms with van der Waals surface area (Å²) in [7, 11) is -2.50. The van der Waals surface area contributed by atoms with E-state index in [2.05, 4.69) is 11.3 Å². The van der Waals surface area contributed by atoms with E-state index in [4.69, 9.17) is 8.92 Å². The third-order valence-corrected chi connectivity index (χ3v) is 4.43. The number of unbranched alkanes of at least 4 members (excludes halogenated alkanes) is 1. The van der Waals surface area contributed by atoms with Crippen molar-refractivity contribution in [3.63, 3.8) is 0 Å². The molecule has 1 aromatic rings. The maximum absolute atomic E-state index is 12.0. The zero-order valence-electron chi connectivity index (χ0n) is 13.4. The summed E-state index contributed by atoms with van der Waals surface area (Å²) < 4.78 is 38.2. The largest absolute Gasteiger partial charge is 0.508 e. The third-order valence-electron chi connectivity index (χ3n) is 3.11. The molecule has 0 heterocycles. The summed E-state index contributed by atoms with van der Waals surface area (Å²) in [5, 5.41) is 0. The summed E-state index contributed by atoms with van der Waals surface area (Å²) in [4.78, 5) is 11.1. The van der Waals surface area contributed by atoms with Gasteiger partial charge in [0.05, 0.1) is 18.6 Å². The Bertz CT molecular complexity index is 606.